The number of pyridine rings is 2. The summed E-state index contributed by atoms with van der Waals surface area (Å²) in [4.78, 5) is 13.8. The maximum atomic E-state index is 9.48. The van der Waals surface area contributed by atoms with Crippen LogP contribution < -0.4 is 5.73 Å². The number of aliphatic hydroxyl groups excluding tert-OH is 1. The van der Waals surface area contributed by atoms with Gasteiger partial charge in [-0.15, -0.1) is 0 Å². The summed E-state index contributed by atoms with van der Waals surface area (Å²) >= 11 is 0. The Kier molecular flexibility index (Phi) is 5.15. The lowest BCUT2D eigenvalue weighted by Crippen LogP contribution is -2.06. The number of hydrogen-bond acceptors (Lipinski definition) is 7. The van der Waals surface area contributed by atoms with Gasteiger partial charge in [-0.25, -0.2) is 14.7 Å². The highest BCUT2D eigenvalue weighted by molar-refractivity contribution is 6.08. The molecule has 0 amide bonds. The van der Waals surface area contributed by atoms with Crippen LogP contribution in [0.15, 0.2) is 59.7 Å². The fourth-order valence-corrected chi connectivity index (χ4v) is 3.73. The second kappa shape index (κ2) is 8.25. The Hall–Kier alpha value is -3.62. The van der Waals surface area contributed by atoms with Gasteiger partial charge in [-0.1, -0.05) is 12.1 Å². The predicted octanol–water partition coefficient (Wildman–Crippen LogP) is 2.25. The summed E-state index contributed by atoms with van der Waals surface area (Å²) in [6, 6.07) is 15.5. The Labute approximate surface area is 179 Å². The summed E-state index contributed by atoms with van der Waals surface area (Å²) < 4.78 is 7.54. The van der Waals surface area contributed by atoms with Gasteiger partial charge in [-0.3, -0.25) is 4.98 Å². The van der Waals surface area contributed by atoms with E-state index >= 15 is 0 Å². The molecule has 5 rings (SSSR count). The van der Waals surface area contributed by atoms with E-state index in [1.54, 1.807) is 16.9 Å². The summed E-state index contributed by atoms with van der Waals surface area (Å²) in [7, 11) is 0. The van der Waals surface area contributed by atoms with Gasteiger partial charge in [-0.05, 0) is 42.9 Å². The summed E-state index contributed by atoms with van der Waals surface area (Å²) in [5, 5.41) is 15.0. The van der Waals surface area contributed by atoms with Crippen molar-refractivity contribution in [3.8, 4) is 17.1 Å². The highest BCUT2D eigenvalue weighted by Gasteiger charge is 2.19. The first kappa shape index (κ1) is 19.3. The normalized spacial score (nSPS) is 13.4. The number of nitrogens with zero attached hydrogens (tertiary/aromatic N) is 5. The molecular weight excluding hydrogens is 392 g/mol. The van der Waals surface area contributed by atoms with Crippen LogP contribution in [0.4, 0.5) is 0 Å². The van der Waals surface area contributed by atoms with E-state index in [0.717, 1.165) is 33.4 Å². The van der Waals surface area contributed by atoms with Gasteiger partial charge < -0.3 is 15.6 Å². The van der Waals surface area contributed by atoms with Crippen LogP contribution in [0, 0.1) is 0 Å². The predicted molar refractivity (Wildman–Crippen MR) is 118 cm³/mol. The van der Waals surface area contributed by atoms with Gasteiger partial charge in [-0.2, -0.15) is 5.10 Å². The molecule has 8 heteroatoms. The van der Waals surface area contributed by atoms with Crippen molar-refractivity contribution in [2.45, 2.75) is 13.0 Å². The first-order chi connectivity index (χ1) is 15.3. The molecule has 3 aromatic heterocycles. The maximum Gasteiger partial charge on any atom is 0.217 e. The molecule has 31 heavy (non-hydrogen) atoms. The summed E-state index contributed by atoms with van der Waals surface area (Å²) in [6.07, 6.45) is 2.51. The monoisotopic (exact) mass is 414 g/mol. The van der Waals surface area contributed by atoms with E-state index in [9.17, 15) is 5.11 Å². The average Bonchev–Trinajstić information content (AvgIpc) is 3.49. The molecule has 4 heterocycles. The average molecular weight is 414 g/mol. The van der Waals surface area contributed by atoms with E-state index in [-0.39, 0.29) is 6.61 Å². The molecule has 0 aliphatic carbocycles. The van der Waals surface area contributed by atoms with Crippen molar-refractivity contribution in [2.24, 2.45) is 10.7 Å². The molecule has 1 aliphatic rings. The molecule has 0 fully saturated rings. The number of aliphatic hydroxyl groups is 1. The molecule has 0 bridgehead atoms. The van der Waals surface area contributed by atoms with E-state index in [1.807, 2.05) is 42.5 Å². The molecule has 3 N–H and O–H groups in total. The lowest BCUT2D eigenvalue weighted by Gasteiger charge is -2.10. The zero-order valence-electron chi connectivity index (χ0n) is 16.9. The minimum Gasteiger partial charge on any atom is -0.475 e. The van der Waals surface area contributed by atoms with Crippen molar-refractivity contribution >= 4 is 16.8 Å². The third-order valence-electron chi connectivity index (χ3n) is 5.18. The van der Waals surface area contributed by atoms with E-state index in [0.29, 0.717) is 43.5 Å². The number of aromatic nitrogens is 4. The number of nitrogens with two attached hydrogens (primary N) is 1. The van der Waals surface area contributed by atoms with Crippen LogP contribution in [0.1, 0.15) is 17.0 Å². The van der Waals surface area contributed by atoms with Crippen molar-refractivity contribution in [3.63, 3.8) is 0 Å². The molecule has 0 saturated heterocycles. The SMILES string of the molecule is NCCc1cccc(-c2cc(C3=NCCO3)c3cnn(-c4cccc(CO)n4)c3c2)n1. The van der Waals surface area contributed by atoms with Crippen molar-refractivity contribution in [3.05, 3.63) is 71.7 Å². The van der Waals surface area contributed by atoms with E-state index in [4.69, 9.17) is 15.5 Å². The highest BCUT2D eigenvalue weighted by atomic mass is 16.5. The Balaban J connectivity index is 1.72. The van der Waals surface area contributed by atoms with Crippen molar-refractivity contribution in [2.75, 3.05) is 19.7 Å². The van der Waals surface area contributed by atoms with Gasteiger partial charge in [0.05, 0.1) is 36.3 Å². The van der Waals surface area contributed by atoms with Crippen LogP contribution in [0.25, 0.3) is 28.0 Å². The van der Waals surface area contributed by atoms with Gasteiger partial charge in [0, 0.05) is 28.6 Å². The molecule has 8 nitrogen and oxygen atoms in total. The fraction of sp³-hybridized carbons (Fsp3) is 0.217. The van der Waals surface area contributed by atoms with Crippen LogP contribution in [0.2, 0.25) is 0 Å². The molecule has 4 aromatic rings. The summed E-state index contributed by atoms with van der Waals surface area (Å²) in [6.45, 7) is 1.62. The van der Waals surface area contributed by atoms with Crippen molar-refractivity contribution in [1.82, 2.24) is 19.7 Å². The molecule has 0 unspecified atom stereocenters. The number of ether oxygens (including phenoxy) is 1. The largest absolute Gasteiger partial charge is 0.475 e. The lowest BCUT2D eigenvalue weighted by molar-refractivity contribution is 0.276. The molecule has 0 spiro atoms. The number of fused-ring (bicyclic) bond motifs is 1. The summed E-state index contributed by atoms with van der Waals surface area (Å²) in [5.74, 6) is 1.24. The van der Waals surface area contributed by atoms with E-state index in [1.165, 1.54) is 0 Å². The molecule has 1 aromatic carbocycles. The zero-order valence-corrected chi connectivity index (χ0v) is 16.9. The first-order valence-corrected chi connectivity index (χ1v) is 10.2. The minimum atomic E-state index is -0.133. The standard InChI is InChI=1S/C23H22N6O2/c24-8-7-16-3-1-5-20(27-16)15-11-18(23-25-9-10-31-23)19-13-26-29(21(19)12-15)22-6-2-4-17(14-30)28-22/h1-6,11-13,30H,7-10,14,24H2. The van der Waals surface area contributed by atoms with Crippen molar-refractivity contribution in [1.29, 1.82) is 0 Å². The number of rotatable bonds is 6. The lowest BCUT2D eigenvalue weighted by atomic mass is 10.0. The van der Waals surface area contributed by atoms with E-state index < -0.39 is 0 Å². The third-order valence-corrected chi connectivity index (χ3v) is 5.18. The topological polar surface area (TPSA) is 111 Å². The molecule has 0 radical (unpaired) electrons. The van der Waals surface area contributed by atoms with Crippen LogP contribution in [-0.2, 0) is 17.8 Å². The maximum absolute atomic E-state index is 9.48. The van der Waals surface area contributed by atoms with Crippen molar-refractivity contribution < 1.29 is 9.84 Å². The quantitative estimate of drug-likeness (QED) is 0.501. The second-order valence-electron chi connectivity index (χ2n) is 7.25. The van der Waals surface area contributed by atoms with Crippen LogP contribution in [0.3, 0.4) is 0 Å². The van der Waals surface area contributed by atoms with Crippen LogP contribution in [0.5, 0.6) is 0 Å². The van der Waals surface area contributed by atoms with Crippen LogP contribution >= 0.6 is 0 Å². The van der Waals surface area contributed by atoms with E-state index in [2.05, 4.69) is 15.1 Å². The first-order valence-electron chi connectivity index (χ1n) is 10.2. The molecule has 1 aliphatic heterocycles. The van der Waals surface area contributed by atoms with Crippen LogP contribution in [-0.4, -0.2) is 50.4 Å². The number of hydrogen-bond donors (Lipinski definition) is 2. The van der Waals surface area contributed by atoms with Gasteiger partial charge in [0.2, 0.25) is 5.90 Å². The third kappa shape index (κ3) is 3.67. The molecule has 0 saturated carbocycles. The van der Waals surface area contributed by atoms with Gasteiger partial charge in [0.15, 0.2) is 5.82 Å². The second-order valence-corrected chi connectivity index (χ2v) is 7.25. The van der Waals surface area contributed by atoms with Gasteiger partial charge in [0.25, 0.3) is 0 Å². The van der Waals surface area contributed by atoms with Gasteiger partial charge in [0.1, 0.15) is 6.61 Å². The minimum absolute atomic E-state index is 0.133. The Morgan fingerprint density at radius 2 is 1.94 bits per heavy atom. The fourth-order valence-electron chi connectivity index (χ4n) is 3.73. The smallest absolute Gasteiger partial charge is 0.217 e. The Morgan fingerprint density at radius 3 is 2.74 bits per heavy atom. The highest BCUT2D eigenvalue weighted by Crippen LogP contribution is 2.30. The molecule has 156 valence electrons. The molecule has 0 atom stereocenters. The summed E-state index contributed by atoms with van der Waals surface area (Å²) in [5.41, 5.74) is 10.8. The number of benzene rings is 1. The zero-order chi connectivity index (χ0) is 21.2. The van der Waals surface area contributed by atoms with Gasteiger partial charge >= 0.3 is 0 Å². The molecular formula is C23H22N6O2. The number of aliphatic imine (C=N–C) groups is 1. The Morgan fingerprint density at radius 1 is 1.06 bits per heavy atom. The Bertz CT molecular complexity index is 1280.